The van der Waals surface area contributed by atoms with Crippen molar-refractivity contribution in [2.45, 2.75) is 6.92 Å². The van der Waals surface area contributed by atoms with Gasteiger partial charge in [0.2, 0.25) is 0 Å². The zero-order valence-electron chi connectivity index (χ0n) is 6.90. The first-order valence-electron chi connectivity index (χ1n) is 3.79. The Morgan fingerprint density at radius 2 is 2.08 bits per heavy atom. The second-order valence-corrected chi connectivity index (χ2v) is 2.63. The highest BCUT2D eigenvalue weighted by Gasteiger charge is 1.96. The molecule has 0 aliphatic carbocycles. The summed E-state index contributed by atoms with van der Waals surface area (Å²) < 4.78 is 24.4. The van der Waals surface area contributed by atoms with Crippen LogP contribution in [0.3, 0.4) is 0 Å². The maximum absolute atomic E-state index is 12.7. The second kappa shape index (κ2) is 4.04. The van der Waals surface area contributed by atoms with Gasteiger partial charge in [0.25, 0.3) is 0 Å². The number of anilines is 1. The smallest absolute Gasteiger partial charge is 0.125 e. The molecule has 12 heavy (non-hydrogen) atoms. The monoisotopic (exact) mass is 171 g/mol. The van der Waals surface area contributed by atoms with Gasteiger partial charge in [0, 0.05) is 12.2 Å². The average Bonchev–Trinajstić information content (AvgIpc) is 1.99. The van der Waals surface area contributed by atoms with E-state index < -0.39 is 6.67 Å². The van der Waals surface area contributed by atoms with E-state index in [0.29, 0.717) is 5.69 Å². The highest BCUT2D eigenvalue weighted by atomic mass is 19.1. The van der Waals surface area contributed by atoms with Crippen molar-refractivity contribution in [1.82, 2.24) is 0 Å². The van der Waals surface area contributed by atoms with Crippen molar-refractivity contribution in [2.24, 2.45) is 0 Å². The van der Waals surface area contributed by atoms with Crippen LogP contribution in [0.4, 0.5) is 14.5 Å². The molecule has 1 aromatic rings. The maximum atomic E-state index is 12.7. The van der Waals surface area contributed by atoms with Crippen molar-refractivity contribution in [2.75, 3.05) is 18.5 Å². The van der Waals surface area contributed by atoms with Gasteiger partial charge >= 0.3 is 0 Å². The minimum absolute atomic E-state index is 0.225. The van der Waals surface area contributed by atoms with Crippen molar-refractivity contribution in [3.8, 4) is 0 Å². The first-order chi connectivity index (χ1) is 5.72. The topological polar surface area (TPSA) is 12.0 Å². The molecule has 0 bridgehead atoms. The fourth-order valence-corrected chi connectivity index (χ4v) is 1.03. The van der Waals surface area contributed by atoms with E-state index in [2.05, 4.69) is 5.32 Å². The predicted octanol–water partition coefficient (Wildman–Crippen LogP) is 2.52. The standard InChI is InChI=1S/C9H11F2N/c1-7-4-8(11)6-9(5-7)12-3-2-10/h4-6,12H,2-3H2,1H3. The molecule has 0 fully saturated rings. The lowest BCUT2D eigenvalue weighted by Gasteiger charge is -2.04. The normalized spacial score (nSPS) is 9.92. The van der Waals surface area contributed by atoms with E-state index in [1.807, 2.05) is 0 Å². The van der Waals surface area contributed by atoms with E-state index in [1.54, 1.807) is 13.0 Å². The molecular formula is C9H11F2N. The molecule has 0 aromatic heterocycles. The Balaban J connectivity index is 2.72. The van der Waals surface area contributed by atoms with Gasteiger partial charge in [-0.15, -0.1) is 0 Å². The Morgan fingerprint density at radius 1 is 1.33 bits per heavy atom. The molecular weight excluding hydrogens is 160 g/mol. The Labute approximate surface area is 70.4 Å². The number of hydrogen-bond donors (Lipinski definition) is 1. The van der Waals surface area contributed by atoms with Crippen molar-refractivity contribution in [3.05, 3.63) is 29.6 Å². The van der Waals surface area contributed by atoms with Crippen LogP contribution in [0, 0.1) is 12.7 Å². The van der Waals surface area contributed by atoms with Gasteiger partial charge in [-0.2, -0.15) is 0 Å². The molecule has 1 aromatic carbocycles. The van der Waals surface area contributed by atoms with Crippen LogP contribution < -0.4 is 5.32 Å². The summed E-state index contributed by atoms with van der Waals surface area (Å²) in [7, 11) is 0. The number of nitrogens with one attached hydrogen (secondary N) is 1. The Kier molecular flexibility index (Phi) is 3.02. The highest BCUT2D eigenvalue weighted by Crippen LogP contribution is 2.12. The summed E-state index contributed by atoms with van der Waals surface area (Å²) in [5.74, 6) is -0.295. The molecule has 0 heterocycles. The van der Waals surface area contributed by atoms with Crippen molar-refractivity contribution < 1.29 is 8.78 Å². The van der Waals surface area contributed by atoms with Crippen LogP contribution in [0.25, 0.3) is 0 Å². The molecule has 1 nitrogen and oxygen atoms in total. The molecule has 0 unspecified atom stereocenters. The third kappa shape index (κ3) is 2.49. The summed E-state index contributed by atoms with van der Waals surface area (Å²) >= 11 is 0. The molecule has 1 rings (SSSR count). The van der Waals surface area contributed by atoms with Gasteiger partial charge in [0.15, 0.2) is 0 Å². The molecule has 0 amide bonds. The van der Waals surface area contributed by atoms with E-state index in [1.165, 1.54) is 12.1 Å². The molecule has 0 aliphatic rings. The number of rotatable bonds is 3. The third-order valence-electron chi connectivity index (χ3n) is 1.47. The van der Waals surface area contributed by atoms with E-state index in [4.69, 9.17) is 0 Å². The number of alkyl halides is 1. The van der Waals surface area contributed by atoms with E-state index in [-0.39, 0.29) is 12.4 Å². The van der Waals surface area contributed by atoms with Gasteiger partial charge in [-0.05, 0) is 30.7 Å². The van der Waals surface area contributed by atoms with Crippen LogP contribution in [0.5, 0.6) is 0 Å². The summed E-state index contributed by atoms with van der Waals surface area (Å²) in [5.41, 5.74) is 1.46. The first kappa shape index (κ1) is 8.97. The fourth-order valence-electron chi connectivity index (χ4n) is 1.03. The lowest BCUT2D eigenvalue weighted by Crippen LogP contribution is -2.03. The number of aryl methyl sites for hydroxylation is 1. The van der Waals surface area contributed by atoms with Gasteiger partial charge in [0.1, 0.15) is 12.5 Å². The van der Waals surface area contributed by atoms with Gasteiger partial charge in [-0.1, -0.05) is 0 Å². The summed E-state index contributed by atoms with van der Waals surface area (Å²) in [6.45, 7) is 1.57. The van der Waals surface area contributed by atoms with E-state index in [9.17, 15) is 8.78 Å². The van der Waals surface area contributed by atoms with Crippen LogP contribution in [-0.2, 0) is 0 Å². The molecule has 0 aliphatic heterocycles. The van der Waals surface area contributed by atoms with Gasteiger partial charge in [-0.3, -0.25) is 0 Å². The third-order valence-corrected chi connectivity index (χ3v) is 1.47. The van der Waals surface area contributed by atoms with Crippen LogP contribution in [0.15, 0.2) is 18.2 Å². The lowest BCUT2D eigenvalue weighted by molar-refractivity contribution is 0.512. The summed E-state index contributed by atoms with van der Waals surface area (Å²) in [5, 5.41) is 2.76. The minimum atomic E-state index is -0.449. The molecule has 0 saturated heterocycles. The minimum Gasteiger partial charge on any atom is -0.382 e. The summed E-state index contributed by atoms with van der Waals surface area (Å²) in [4.78, 5) is 0. The van der Waals surface area contributed by atoms with Crippen molar-refractivity contribution in [3.63, 3.8) is 0 Å². The van der Waals surface area contributed by atoms with Crippen LogP contribution >= 0.6 is 0 Å². The molecule has 66 valence electrons. The Bertz CT molecular complexity index is 240. The van der Waals surface area contributed by atoms with E-state index >= 15 is 0 Å². The molecule has 3 heteroatoms. The molecule has 0 radical (unpaired) electrons. The van der Waals surface area contributed by atoms with Crippen LogP contribution in [0.1, 0.15) is 5.56 Å². The van der Waals surface area contributed by atoms with Crippen molar-refractivity contribution >= 4 is 5.69 Å². The van der Waals surface area contributed by atoms with Crippen molar-refractivity contribution in [1.29, 1.82) is 0 Å². The van der Waals surface area contributed by atoms with Crippen LogP contribution in [-0.4, -0.2) is 13.2 Å². The largest absolute Gasteiger partial charge is 0.382 e. The molecule has 0 spiro atoms. The maximum Gasteiger partial charge on any atom is 0.125 e. The Hall–Kier alpha value is -1.12. The Morgan fingerprint density at radius 3 is 2.67 bits per heavy atom. The zero-order valence-corrected chi connectivity index (χ0v) is 6.90. The van der Waals surface area contributed by atoms with Gasteiger partial charge in [0.05, 0.1) is 0 Å². The zero-order chi connectivity index (χ0) is 8.97. The SMILES string of the molecule is Cc1cc(F)cc(NCCF)c1. The second-order valence-electron chi connectivity index (χ2n) is 2.63. The number of halogens is 2. The van der Waals surface area contributed by atoms with E-state index in [0.717, 1.165) is 5.56 Å². The average molecular weight is 171 g/mol. The highest BCUT2D eigenvalue weighted by molar-refractivity contribution is 5.45. The summed E-state index contributed by atoms with van der Waals surface area (Å²) in [6.07, 6.45) is 0. The number of benzene rings is 1. The lowest BCUT2D eigenvalue weighted by atomic mass is 10.2. The van der Waals surface area contributed by atoms with Crippen LogP contribution in [0.2, 0.25) is 0 Å². The molecule has 1 N–H and O–H groups in total. The van der Waals surface area contributed by atoms with Gasteiger partial charge < -0.3 is 5.32 Å². The predicted molar refractivity (Wildman–Crippen MR) is 45.6 cm³/mol. The first-order valence-corrected chi connectivity index (χ1v) is 3.79. The molecule has 0 atom stereocenters. The molecule has 0 saturated carbocycles. The summed E-state index contributed by atoms with van der Waals surface area (Å²) in [6, 6.07) is 4.56. The quantitative estimate of drug-likeness (QED) is 0.736. The number of hydrogen-bond acceptors (Lipinski definition) is 1. The fraction of sp³-hybridized carbons (Fsp3) is 0.333. The van der Waals surface area contributed by atoms with Gasteiger partial charge in [-0.25, -0.2) is 8.78 Å².